The maximum absolute atomic E-state index is 13.2. The van der Waals surface area contributed by atoms with Gasteiger partial charge in [-0.3, -0.25) is 0 Å². The van der Waals surface area contributed by atoms with Crippen LogP contribution in [0.15, 0.2) is 18.2 Å². The molecule has 6 heteroatoms. The van der Waals surface area contributed by atoms with Gasteiger partial charge in [-0.15, -0.1) is 5.10 Å². The lowest BCUT2D eigenvalue weighted by molar-refractivity contribution is 0.625. The number of aromatic nitrogens is 2. The topological polar surface area (TPSA) is 70.9 Å². The highest BCUT2D eigenvalue weighted by molar-refractivity contribution is 5.67. The molecule has 5 nitrogen and oxygen atoms in total. The number of rotatable bonds is 4. The Balaban J connectivity index is 2.63. The van der Waals surface area contributed by atoms with Crippen LogP contribution in [-0.4, -0.2) is 22.9 Å². The van der Waals surface area contributed by atoms with Gasteiger partial charge in [0.05, 0.1) is 5.69 Å². The first kappa shape index (κ1) is 14.9. The maximum atomic E-state index is 13.2. The predicted molar refractivity (Wildman–Crippen MR) is 80.9 cm³/mol. The van der Waals surface area contributed by atoms with Gasteiger partial charge in [-0.1, -0.05) is 0 Å². The molecule has 2 N–H and O–H groups in total. The fourth-order valence-electron chi connectivity index (χ4n) is 2.31. The highest BCUT2D eigenvalue weighted by Gasteiger charge is 2.20. The van der Waals surface area contributed by atoms with Gasteiger partial charge in [-0.05, 0) is 44.5 Å². The molecular weight excluding hydrogens is 269 g/mol. The number of nitrogens with two attached hydrogens (primary N) is 1. The monoisotopic (exact) mass is 287 g/mol. The van der Waals surface area contributed by atoms with Gasteiger partial charge in [0.1, 0.15) is 23.3 Å². The highest BCUT2D eigenvalue weighted by atomic mass is 19.1. The summed E-state index contributed by atoms with van der Waals surface area (Å²) in [5.41, 5.74) is 7.79. The highest BCUT2D eigenvalue weighted by Crippen LogP contribution is 2.28. The molecule has 0 aliphatic heterocycles. The molecule has 0 bridgehead atoms. The van der Waals surface area contributed by atoms with Crippen LogP contribution in [0.2, 0.25) is 0 Å². The summed E-state index contributed by atoms with van der Waals surface area (Å²) in [6, 6.07) is 6.49. The van der Waals surface area contributed by atoms with Gasteiger partial charge >= 0.3 is 0 Å². The van der Waals surface area contributed by atoms with Crippen molar-refractivity contribution in [2.24, 2.45) is 0 Å². The molecule has 0 amide bonds. The number of nitrogens with zero attached hydrogens (tertiary/aromatic N) is 4. The van der Waals surface area contributed by atoms with Crippen LogP contribution in [0.3, 0.4) is 0 Å². The van der Waals surface area contributed by atoms with Crippen LogP contribution in [0.25, 0.3) is 5.69 Å². The maximum Gasteiger partial charge on any atom is 0.171 e. The first-order valence-electron chi connectivity index (χ1n) is 6.83. The first-order valence-corrected chi connectivity index (χ1v) is 6.83. The SMILES string of the molecule is CCN(CC)c1nn(-c2ccc(F)cc2C)c(N)c1C#N. The van der Waals surface area contributed by atoms with Gasteiger partial charge in [0.15, 0.2) is 5.82 Å². The van der Waals surface area contributed by atoms with E-state index in [1.165, 1.54) is 16.8 Å². The molecule has 1 aromatic carbocycles. The zero-order chi connectivity index (χ0) is 15.6. The molecule has 0 saturated carbocycles. The Morgan fingerprint density at radius 1 is 1.38 bits per heavy atom. The molecule has 1 heterocycles. The second kappa shape index (κ2) is 5.83. The Kier molecular flexibility index (Phi) is 4.13. The van der Waals surface area contributed by atoms with E-state index in [4.69, 9.17) is 5.73 Å². The van der Waals surface area contributed by atoms with Crippen LogP contribution in [0.5, 0.6) is 0 Å². The lowest BCUT2D eigenvalue weighted by atomic mass is 10.2. The molecule has 110 valence electrons. The summed E-state index contributed by atoms with van der Waals surface area (Å²) >= 11 is 0. The average molecular weight is 287 g/mol. The van der Waals surface area contributed by atoms with Crippen LogP contribution in [0.4, 0.5) is 16.0 Å². The van der Waals surface area contributed by atoms with Gasteiger partial charge in [0.25, 0.3) is 0 Å². The molecule has 0 saturated heterocycles. The second-order valence-electron chi connectivity index (χ2n) is 4.71. The normalized spacial score (nSPS) is 10.4. The number of anilines is 2. The van der Waals surface area contributed by atoms with E-state index >= 15 is 0 Å². The number of hydrogen-bond acceptors (Lipinski definition) is 4. The predicted octanol–water partition coefficient (Wildman–Crippen LogP) is 2.62. The van der Waals surface area contributed by atoms with E-state index in [0.29, 0.717) is 22.6 Å². The number of nitrogen functional groups attached to an aromatic ring is 1. The molecular formula is C15H18FN5. The minimum absolute atomic E-state index is 0.272. The number of benzene rings is 1. The summed E-state index contributed by atoms with van der Waals surface area (Å²) in [6.45, 7) is 7.21. The molecule has 0 spiro atoms. The van der Waals surface area contributed by atoms with E-state index in [1.54, 1.807) is 13.0 Å². The van der Waals surface area contributed by atoms with Gasteiger partial charge in [-0.2, -0.15) is 5.26 Å². The van der Waals surface area contributed by atoms with E-state index in [9.17, 15) is 9.65 Å². The smallest absolute Gasteiger partial charge is 0.171 e. The van der Waals surface area contributed by atoms with Crippen LogP contribution < -0.4 is 10.6 Å². The largest absolute Gasteiger partial charge is 0.382 e. The third kappa shape index (κ3) is 2.55. The average Bonchev–Trinajstić information content (AvgIpc) is 2.77. The van der Waals surface area contributed by atoms with E-state index in [-0.39, 0.29) is 11.6 Å². The summed E-state index contributed by atoms with van der Waals surface area (Å²) in [7, 11) is 0. The quantitative estimate of drug-likeness (QED) is 0.938. The van der Waals surface area contributed by atoms with Crippen molar-refractivity contribution in [1.82, 2.24) is 9.78 Å². The van der Waals surface area contributed by atoms with Crippen molar-refractivity contribution >= 4 is 11.6 Å². The minimum atomic E-state index is -0.313. The molecule has 2 rings (SSSR count). The molecule has 0 fully saturated rings. The first-order chi connectivity index (χ1) is 10.0. The van der Waals surface area contributed by atoms with E-state index < -0.39 is 0 Å². The molecule has 1 aromatic heterocycles. The fourth-order valence-corrected chi connectivity index (χ4v) is 2.31. The van der Waals surface area contributed by atoms with Crippen molar-refractivity contribution in [2.45, 2.75) is 20.8 Å². The molecule has 0 radical (unpaired) electrons. The molecule has 21 heavy (non-hydrogen) atoms. The van der Waals surface area contributed by atoms with E-state index in [0.717, 1.165) is 13.1 Å². The van der Waals surface area contributed by atoms with Crippen LogP contribution in [0.1, 0.15) is 25.0 Å². The Morgan fingerprint density at radius 3 is 2.57 bits per heavy atom. The van der Waals surface area contributed by atoms with Crippen LogP contribution >= 0.6 is 0 Å². The lowest BCUT2D eigenvalue weighted by Crippen LogP contribution is -2.23. The fraction of sp³-hybridized carbons (Fsp3) is 0.333. The summed E-state index contributed by atoms with van der Waals surface area (Å²) in [6.07, 6.45) is 0. The Bertz CT molecular complexity index is 695. The van der Waals surface area contributed by atoms with Gasteiger partial charge < -0.3 is 10.6 Å². The summed E-state index contributed by atoms with van der Waals surface area (Å²) in [5.74, 6) is 0.518. The van der Waals surface area contributed by atoms with Gasteiger partial charge in [0.2, 0.25) is 0 Å². The zero-order valence-electron chi connectivity index (χ0n) is 12.4. The van der Waals surface area contributed by atoms with Crippen LogP contribution in [-0.2, 0) is 0 Å². The van der Waals surface area contributed by atoms with Crippen LogP contribution in [0, 0.1) is 24.1 Å². The Labute approximate surface area is 123 Å². The van der Waals surface area contributed by atoms with Gasteiger partial charge in [-0.25, -0.2) is 9.07 Å². The number of hydrogen-bond donors (Lipinski definition) is 1. The standard InChI is InChI=1S/C15H18FN5/c1-4-20(5-2)15-12(9-17)14(18)21(19-15)13-7-6-11(16)8-10(13)3/h6-8H,4-5,18H2,1-3H3. The third-order valence-electron chi connectivity index (χ3n) is 3.46. The van der Waals surface area contributed by atoms with Gasteiger partial charge in [0, 0.05) is 13.1 Å². The molecule has 0 unspecified atom stereocenters. The Hall–Kier alpha value is -2.55. The van der Waals surface area contributed by atoms with Crippen molar-refractivity contribution in [1.29, 1.82) is 5.26 Å². The summed E-state index contributed by atoms with van der Waals surface area (Å²) in [4.78, 5) is 1.96. The van der Waals surface area contributed by atoms with Crippen molar-refractivity contribution < 1.29 is 4.39 Å². The number of nitriles is 1. The zero-order valence-corrected chi connectivity index (χ0v) is 12.4. The van der Waals surface area contributed by atoms with Crippen molar-refractivity contribution in [3.63, 3.8) is 0 Å². The lowest BCUT2D eigenvalue weighted by Gasteiger charge is -2.17. The third-order valence-corrected chi connectivity index (χ3v) is 3.46. The molecule has 0 aliphatic carbocycles. The van der Waals surface area contributed by atoms with E-state index in [1.807, 2.05) is 18.7 Å². The molecule has 0 aliphatic rings. The second-order valence-corrected chi connectivity index (χ2v) is 4.71. The molecule has 0 atom stereocenters. The number of halogens is 1. The van der Waals surface area contributed by atoms with Crippen molar-refractivity contribution in [2.75, 3.05) is 23.7 Å². The minimum Gasteiger partial charge on any atom is -0.382 e. The van der Waals surface area contributed by atoms with E-state index in [2.05, 4.69) is 11.2 Å². The van der Waals surface area contributed by atoms with Crippen molar-refractivity contribution in [3.8, 4) is 11.8 Å². The number of aryl methyl sites for hydroxylation is 1. The summed E-state index contributed by atoms with van der Waals surface area (Å²) < 4.78 is 14.7. The summed E-state index contributed by atoms with van der Waals surface area (Å²) in [5, 5.41) is 13.8. The Morgan fingerprint density at radius 2 is 2.05 bits per heavy atom. The molecule has 2 aromatic rings. The van der Waals surface area contributed by atoms with Crippen molar-refractivity contribution in [3.05, 3.63) is 35.1 Å².